The van der Waals surface area contributed by atoms with Gasteiger partial charge in [-0.05, 0) is 13.8 Å². The summed E-state index contributed by atoms with van der Waals surface area (Å²) in [6.45, 7) is 11.7. The molecule has 1 aromatic rings. The van der Waals surface area contributed by atoms with Crippen LogP contribution in [0.5, 0.6) is 0 Å². The highest BCUT2D eigenvalue weighted by molar-refractivity contribution is 5.96. The molecule has 1 amide bonds. The number of hydrogen-bond donors (Lipinski definition) is 0. The molecule has 0 spiro atoms. The highest BCUT2D eigenvalue weighted by Gasteiger charge is 2.33. The smallest absolute Gasteiger partial charge is 0.259 e. The molecule has 1 saturated heterocycles. The molecular weight excluding hydrogens is 244 g/mol. The number of aryl methyl sites for hydroxylation is 1. The van der Waals surface area contributed by atoms with E-state index in [-0.39, 0.29) is 17.4 Å². The Morgan fingerprint density at radius 3 is 2.68 bits per heavy atom. The first-order valence-corrected chi connectivity index (χ1v) is 6.68. The normalized spacial score (nSPS) is 20.7. The molecule has 2 rings (SSSR count). The van der Waals surface area contributed by atoms with Crippen molar-refractivity contribution in [3.05, 3.63) is 17.0 Å². The SMILES string of the molecule is Cc1onc(C(C)(C)C)c1C(=O)N1CCOCC1C. The van der Waals surface area contributed by atoms with E-state index < -0.39 is 0 Å². The van der Waals surface area contributed by atoms with Crippen molar-refractivity contribution < 1.29 is 14.1 Å². The molecular formula is C14H22N2O3. The zero-order valence-corrected chi connectivity index (χ0v) is 12.3. The standard InChI is InChI=1S/C14H22N2O3/c1-9-8-18-7-6-16(9)13(17)11-10(2)19-15-12(11)14(3,4)5/h9H,6-8H2,1-5H3. The molecule has 1 aliphatic rings. The van der Waals surface area contributed by atoms with E-state index in [4.69, 9.17) is 9.26 Å². The fourth-order valence-electron chi connectivity index (χ4n) is 2.31. The molecule has 1 fully saturated rings. The Kier molecular flexibility index (Phi) is 3.67. The Bertz CT molecular complexity index is 474. The summed E-state index contributed by atoms with van der Waals surface area (Å²) in [4.78, 5) is 14.6. The third-order valence-electron chi connectivity index (χ3n) is 3.42. The highest BCUT2D eigenvalue weighted by Crippen LogP contribution is 2.28. The van der Waals surface area contributed by atoms with Crippen LogP contribution in [0.4, 0.5) is 0 Å². The zero-order valence-electron chi connectivity index (χ0n) is 12.3. The molecule has 0 N–H and O–H groups in total. The van der Waals surface area contributed by atoms with Crippen LogP contribution in [0.15, 0.2) is 4.52 Å². The Morgan fingerprint density at radius 1 is 1.42 bits per heavy atom. The van der Waals surface area contributed by atoms with Gasteiger partial charge in [-0.1, -0.05) is 25.9 Å². The minimum atomic E-state index is -0.210. The first-order valence-electron chi connectivity index (χ1n) is 6.68. The van der Waals surface area contributed by atoms with Gasteiger partial charge in [0.15, 0.2) is 0 Å². The molecule has 1 unspecified atom stereocenters. The second-order valence-corrected chi connectivity index (χ2v) is 6.13. The number of nitrogens with zero attached hydrogens (tertiary/aromatic N) is 2. The van der Waals surface area contributed by atoms with E-state index in [0.29, 0.717) is 31.1 Å². The number of amides is 1. The van der Waals surface area contributed by atoms with E-state index in [1.54, 1.807) is 6.92 Å². The number of carbonyl (C=O) groups excluding carboxylic acids is 1. The number of morpholine rings is 1. The van der Waals surface area contributed by atoms with Crippen molar-refractivity contribution in [2.75, 3.05) is 19.8 Å². The van der Waals surface area contributed by atoms with Gasteiger partial charge in [-0.3, -0.25) is 4.79 Å². The van der Waals surface area contributed by atoms with Crippen molar-refractivity contribution in [3.8, 4) is 0 Å². The second-order valence-electron chi connectivity index (χ2n) is 6.13. The Labute approximate surface area is 113 Å². The van der Waals surface area contributed by atoms with Gasteiger partial charge in [0.25, 0.3) is 5.91 Å². The molecule has 106 valence electrons. The van der Waals surface area contributed by atoms with E-state index >= 15 is 0 Å². The van der Waals surface area contributed by atoms with Crippen molar-refractivity contribution in [3.63, 3.8) is 0 Å². The van der Waals surface area contributed by atoms with Crippen LogP contribution in [0, 0.1) is 6.92 Å². The van der Waals surface area contributed by atoms with Crippen molar-refractivity contribution in [2.24, 2.45) is 0 Å². The monoisotopic (exact) mass is 266 g/mol. The van der Waals surface area contributed by atoms with Crippen LogP contribution >= 0.6 is 0 Å². The summed E-state index contributed by atoms with van der Waals surface area (Å²) in [5, 5.41) is 4.07. The van der Waals surface area contributed by atoms with Gasteiger partial charge in [0.1, 0.15) is 17.0 Å². The summed E-state index contributed by atoms with van der Waals surface area (Å²) in [6, 6.07) is 0.0865. The minimum Gasteiger partial charge on any atom is -0.377 e. The fraction of sp³-hybridized carbons (Fsp3) is 0.714. The average Bonchev–Trinajstić information content (AvgIpc) is 2.70. The Balaban J connectivity index is 2.36. The van der Waals surface area contributed by atoms with E-state index in [2.05, 4.69) is 5.16 Å². The van der Waals surface area contributed by atoms with Gasteiger partial charge in [-0.25, -0.2) is 0 Å². The van der Waals surface area contributed by atoms with E-state index in [9.17, 15) is 4.79 Å². The van der Waals surface area contributed by atoms with Crippen LogP contribution in [0.1, 0.15) is 49.5 Å². The molecule has 0 saturated carbocycles. The lowest BCUT2D eigenvalue weighted by Crippen LogP contribution is -2.47. The third-order valence-corrected chi connectivity index (χ3v) is 3.42. The molecule has 1 aliphatic heterocycles. The van der Waals surface area contributed by atoms with Crippen molar-refractivity contribution >= 4 is 5.91 Å². The molecule has 2 heterocycles. The summed E-state index contributed by atoms with van der Waals surface area (Å²) >= 11 is 0. The number of aromatic nitrogens is 1. The van der Waals surface area contributed by atoms with Crippen molar-refractivity contribution in [1.82, 2.24) is 10.1 Å². The lowest BCUT2D eigenvalue weighted by Gasteiger charge is -2.33. The van der Waals surface area contributed by atoms with E-state index in [1.165, 1.54) is 0 Å². The van der Waals surface area contributed by atoms with E-state index in [1.807, 2.05) is 32.6 Å². The van der Waals surface area contributed by atoms with Crippen molar-refractivity contribution in [2.45, 2.75) is 46.1 Å². The summed E-state index contributed by atoms with van der Waals surface area (Å²) < 4.78 is 10.6. The molecule has 5 heteroatoms. The maximum Gasteiger partial charge on any atom is 0.259 e. The minimum absolute atomic E-state index is 0.000486. The first kappa shape index (κ1) is 14.1. The summed E-state index contributed by atoms with van der Waals surface area (Å²) in [6.07, 6.45) is 0. The maximum atomic E-state index is 12.7. The summed E-state index contributed by atoms with van der Waals surface area (Å²) in [7, 11) is 0. The molecule has 0 bridgehead atoms. The topological polar surface area (TPSA) is 55.6 Å². The number of carbonyl (C=O) groups is 1. The van der Waals surface area contributed by atoms with Gasteiger partial charge in [0.2, 0.25) is 0 Å². The number of rotatable bonds is 1. The summed E-state index contributed by atoms with van der Waals surface area (Å²) in [5.41, 5.74) is 1.13. The predicted molar refractivity (Wildman–Crippen MR) is 71.3 cm³/mol. The van der Waals surface area contributed by atoms with E-state index in [0.717, 1.165) is 5.69 Å². The fourth-order valence-corrected chi connectivity index (χ4v) is 2.31. The molecule has 1 atom stereocenters. The molecule has 19 heavy (non-hydrogen) atoms. The molecule has 5 nitrogen and oxygen atoms in total. The van der Waals surface area contributed by atoms with Crippen LogP contribution in [-0.2, 0) is 10.2 Å². The van der Waals surface area contributed by atoms with Crippen LogP contribution in [0.2, 0.25) is 0 Å². The Morgan fingerprint density at radius 2 is 2.11 bits per heavy atom. The van der Waals surface area contributed by atoms with Gasteiger partial charge in [-0.2, -0.15) is 0 Å². The zero-order chi connectivity index (χ0) is 14.2. The lowest BCUT2D eigenvalue weighted by molar-refractivity contribution is 0.00339. The highest BCUT2D eigenvalue weighted by atomic mass is 16.5. The van der Waals surface area contributed by atoms with Crippen LogP contribution < -0.4 is 0 Å². The van der Waals surface area contributed by atoms with Crippen LogP contribution in [0.25, 0.3) is 0 Å². The van der Waals surface area contributed by atoms with Gasteiger partial charge >= 0.3 is 0 Å². The number of ether oxygens (including phenoxy) is 1. The van der Waals surface area contributed by atoms with Gasteiger partial charge in [0.05, 0.1) is 19.3 Å². The average molecular weight is 266 g/mol. The van der Waals surface area contributed by atoms with Crippen molar-refractivity contribution in [1.29, 1.82) is 0 Å². The van der Waals surface area contributed by atoms with Gasteiger partial charge in [-0.15, -0.1) is 0 Å². The largest absolute Gasteiger partial charge is 0.377 e. The third kappa shape index (κ3) is 2.66. The molecule has 0 radical (unpaired) electrons. The lowest BCUT2D eigenvalue weighted by atomic mass is 9.88. The summed E-state index contributed by atoms with van der Waals surface area (Å²) in [5.74, 6) is 0.591. The van der Waals surface area contributed by atoms with Gasteiger partial charge in [0, 0.05) is 12.0 Å². The predicted octanol–water partition coefficient (Wildman–Crippen LogP) is 2.14. The molecule has 1 aromatic heterocycles. The molecule has 0 aromatic carbocycles. The van der Waals surface area contributed by atoms with Gasteiger partial charge < -0.3 is 14.2 Å². The first-order chi connectivity index (χ1) is 8.82. The van der Waals surface area contributed by atoms with Crippen LogP contribution in [0.3, 0.4) is 0 Å². The van der Waals surface area contributed by atoms with Crippen LogP contribution in [-0.4, -0.2) is 41.8 Å². The molecule has 0 aliphatic carbocycles. The maximum absolute atomic E-state index is 12.7. The number of hydrogen-bond acceptors (Lipinski definition) is 4. The second kappa shape index (κ2) is 4.96. The Hall–Kier alpha value is -1.36. The quantitative estimate of drug-likeness (QED) is 0.781.